The first-order valence-electron chi connectivity index (χ1n) is 12.2. The van der Waals surface area contributed by atoms with Crippen molar-refractivity contribution >= 4 is 28.3 Å². The molecular weight excluding hydrogens is 458 g/mol. The molecule has 2 aromatic heterocycles. The van der Waals surface area contributed by atoms with Crippen LogP contribution < -0.4 is 10.7 Å². The molecule has 9 heteroatoms. The van der Waals surface area contributed by atoms with Gasteiger partial charge in [-0.1, -0.05) is 30.3 Å². The van der Waals surface area contributed by atoms with Gasteiger partial charge in [-0.05, 0) is 50.2 Å². The lowest BCUT2D eigenvalue weighted by Gasteiger charge is -2.13. The summed E-state index contributed by atoms with van der Waals surface area (Å²) in [4.78, 5) is 40.5. The van der Waals surface area contributed by atoms with Crippen LogP contribution in [0.4, 0.5) is 5.69 Å². The van der Waals surface area contributed by atoms with Crippen molar-refractivity contribution in [3.63, 3.8) is 0 Å². The summed E-state index contributed by atoms with van der Waals surface area (Å²) in [5.74, 6) is -0.868. The van der Waals surface area contributed by atoms with E-state index in [0.29, 0.717) is 33.5 Å². The standard InChI is InChI=1S/C27H27N5O4/c1-2-23(33)19-10-9-18(22-17-32(30-29-22)14-13-31-11-5-6-12-31)15-21(19)28-27(35)26-16-24(34)20-7-3-4-8-25(20)36-26/h3-4,7-10,15-17H,2,5-6,11-14H2,1H3,(H,28,35). The number of para-hydroxylation sites is 1. The minimum absolute atomic E-state index is 0.119. The van der Waals surface area contributed by atoms with Gasteiger partial charge in [0, 0.05) is 30.2 Å². The monoisotopic (exact) mass is 485 g/mol. The van der Waals surface area contributed by atoms with Crippen LogP contribution in [-0.2, 0) is 6.54 Å². The van der Waals surface area contributed by atoms with Gasteiger partial charge in [0.05, 0.1) is 23.8 Å². The van der Waals surface area contributed by atoms with E-state index in [0.717, 1.165) is 32.2 Å². The fourth-order valence-electron chi connectivity index (χ4n) is 4.43. The number of likely N-dealkylation sites (tertiary alicyclic amines) is 1. The van der Waals surface area contributed by atoms with E-state index in [1.807, 2.05) is 6.20 Å². The molecule has 0 atom stereocenters. The Morgan fingerprint density at radius 1 is 1.06 bits per heavy atom. The summed E-state index contributed by atoms with van der Waals surface area (Å²) in [5, 5.41) is 11.7. The van der Waals surface area contributed by atoms with Gasteiger partial charge in [-0.25, -0.2) is 0 Å². The SMILES string of the molecule is CCC(=O)c1ccc(-c2cn(CCN3CCCC3)nn2)cc1NC(=O)c1cc(=O)c2ccccc2o1. The Balaban J connectivity index is 1.41. The van der Waals surface area contributed by atoms with Gasteiger partial charge in [-0.15, -0.1) is 5.10 Å². The van der Waals surface area contributed by atoms with E-state index in [9.17, 15) is 14.4 Å². The topological polar surface area (TPSA) is 110 Å². The quantitative estimate of drug-likeness (QED) is 0.376. The van der Waals surface area contributed by atoms with Crippen LogP contribution in [-0.4, -0.2) is 51.2 Å². The van der Waals surface area contributed by atoms with Crippen molar-refractivity contribution in [2.75, 3.05) is 25.0 Å². The zero-order valence-electron chi connectivity index (χ0n) is 20.1. The predicted molar refractivity (Wildman–Crippen MR) is 136 cm³/mol. The summed E-state index contributed by atoms with van der Waals surface area (Å²) in [7, 11) is 0. The molecule has 1 N–H and O–H groups in total. The fraction of sp³-hybridized carbons (Fsp3) is 0.296. The summed E-state index contributed by atoms with van der Waals surface area (Å²) in [6, 6.07) is 13.1. The minimum Gasteiger partial charge on any atom is -0.451 e. The highest BCUT2D eigenvalue weighted by atomic mass is 16.3. The normalized spacial score (nSPS) is 13.8. The van der Waals surface area contributed by atoms with Gasteiger partial charge >= 0.3 is 0 Å². The summed E-state index contributed by atoms with van der Waals surface area (Å²) in [5.41, 5.74) is 2.06. The average Bonchev–Trinajstić information content (AvgIpc) is 3.59. The Hall–Kier alpha value is -4.11. The van der Waals surface area contributed by atoms with Crippen molar-refractivity contribution in [1.29, 1.82) is 0 Å². The molecule has 1 saturated heterocycles. The lowest BCUT2D eigenvalue weighted by Crippen LogP contribution is -2.24. The molecule has 4 aromatic rings. The third kappa shape index (κ3) is 4.96. The number of aromatic nitrogens is 3. The van der Waals surface area contributed by atoms with Crippen molar-refractivity contribution in [1.82, 2.24) is 19.9 Å². The van der Waals surface area contributed by atoms with Crippen LogP contribution in [0.1, 0.15) is 47.1 Å². The molecular formula is C27H27N5O4. The summed E-state index contributed by atoms with van der Waals surface area (Å²) in [6.07, 6.45) is 4.62. The third-order valence-corrected chi connectivity index (χ3v) is 6.43. The zero-order chi connectivity index (χ0) is 25.1. The second kappa shape index (κ2) is 10.2. The molecule has 9 nitrogen and oxygen atoms in total. The van der Waals surface area contributed by atoms with Gasteiger partial charge < -0.3 is 14.6 Å². The molecule has 36 heavy (non-hydrogen) atoms. The van der Waals surface area contributed by atoms with Crippen molar-refractivity contribution in [3.05, 3.63) is 76.3 Å². The number of nitrogens with one attached hydrogen (secondary N) is 1. The lowest BCUT2D eigenvalue weighted by atomic mass is 10.0. The summed E-state index contributed by atoms with van der Waals surface area (Å²) < 4.78 is 7.47. The van der Waals surface area contributed by atoms with E-state index in [4.69, 9.17) is 4.42 Å². The number of rotatable bonds is 8. The van der Waals surface area contributed by atoms with E-state index < -0.39 is 5.91 Å². The Kier molecular flexibility index (Phi) is 6.73. The number of hydrogen-bond donors (Lipinski definition) is 1. The number of benzene rings is 2. The molecule has 0 saturated carbocycles. The van der Waals surface area contributed by atoms with E-state index in [1.165, 1.54) is 12.8 Å². The van der Waals surface area contributed by atoms with E-state index in [1.54, 1.807) is 54.1 Å². The van der Waals surface area contributed by atoms with E-state index in [2.05, 4.69) is 20.5 Å². The first-order chi connectivity index (χ1) is 17.5. The molecule has 1 amide bonds. The number of ketones is 1. The lowest BCUT2D eigenvalue weighted by molar-refractivity contribution is 0.0989. The highest BCUT2D eigenvalue weighted by molar-refractivity contribution is 6.09. The average molecular weight is 486 g/mol. The maximum atomic E-state index is 13.0. The number of anilines is 1. The molecule has 1 fully saturated rings. The van der Waals surface area contributed by atoms with E-state index in [-0.39, 0.29) is 23.4 Å². The van der Waals surface area contributed by atoms with Crippen LogP contribution in [0.15, 0.2) is 63.9 Å². The highest BCUT2D eigenvalue weighted by Gasteiger charge is 2.18. The number of Topliss-reactive ketones (excluding diaryl/α,β-unsaturated/α-hetero) is 1. The third-order valence-electron chi connectivity index (χ3n) is 6.43. The Morgan fingerprint density at radius 2 is 1.86 bits per heavy atom. The Morgan fingerprint density at radius 3 is 2.67 bits per heavy atom. The molecule has 1 aliphatic rings. The molecule has 5 rings (SSSR count). The number of nitrogens with zero attached hydrogens (tertiary/aromatic N) is 4. The fourth-order valence-corrected chi connectivity index (χ4v) is 4.43. The molecule has 0 radical (unpaired) electrons. The van der Waals surface area contributed by atoms with Crippen LogP contribution >= 0.6 is 0 Å². The number of carbonyl (C=O) groups excluding carboxylic acids is 2. The van der Waals surface area contributed by atoms with Crippen molar-refractivity contribution in [3.8, 4) is 11.3 Å². The first kappa shape index (κ1) is 23.6. The van der Waals surface area contributed by atoms with Gasteiger partial charge in [0.15, 0.2) is 17.0 Å². The second-order valence-corrected chi connectivity index (χ2v) is 8.88. The molecule has 184 valence electrons. The van der Waals surface area contributed by atoms with Crippen LogP contribution in [0, 0.1) is 0 Å². The number of fused-ring (bicyclic) bond motifs is 1. The Bertz CT molecular complexity index is 1480. The maximum absolute atomic E-state index is 13.0. The molecule has 2 aromatic carbocycles. The van der Waals surface area contributed by atoms with E-state index >= 15 is 0 Å². The van der Waals surface area contributed by atoms with Gasteiger partial charge in [-0.3, -0.25) is 19.1 Å². The predicted octanol–water partition coefficient (Wildman–Crippen LogP) is 3.99. The molecule has 0 bridgehead atoms. The largest absolute Gasteiger partial charge is 0.451 e. The zero-order valence-corrected chi connectivity index (χ0v) is 20.1. The van der Waals surface area contributed by atoms with Gasteiger partial charge in [0.25, 0.3) is 5.91 Å². The molecule has 0 unspecified atom stereocenters. The van der Waals surface area contributed by atoms with Crippen LogP contribution in [0.3, 0.4) is 0 Å². The summed E-state index contributed by atoms with van der Waals surface area (Å²) in [6.45, 7) is 5.66. The molecule has 3 heterocycles. The maximum Gasteiger partial charge on any atom is 0.291 e. The highest BCUT2D eigenvalue weighted by Crippen LogP contribution is 2.26. The number of hydrogen-bond acceptors (Lipinski definition) is 7. The minimum atomic E-state index is -0.616. The molecule has 0 spiro atoms. The van der Waals surface area contributed by atoms with Crippen LogP contribution in [0.5, 0.6) is 0 Å². The molecule has 0 aliphatic carbocycles. The van der Waals surface area contributed by atoms with Crippen molar-refractivity contribution in [2.45, 2.75) is 32.7 Å². The van der Waals surface area contributed by atoms with Crippen LogP contribution in [0.2, 0.25) is 0 Å². The van der Waals surface area contributed by atoms with Gasteiger partial charge in [-0.2, -0.15) is 0 Å². The van der Waals surface area contributed by atoms with Crippen LogP contribution in [0.25, 0.3) is 22.2 Å². The molecule has 1 aliphatic heterocycles. The smallest absolute Gasteiger partial charge is 0.291 e. The first-order valence-corrected chi connectivity index (χ1v) is 12.2. The van der Waals surface area contributed by atoms with Gasteiger partial charge in [0.1, 0.15) is 11.3 Å². The number of amides is 1. The summed E-state index contributed by atoms with van der Waals surface area (Å²) >= 11 is 0. The van der Waals surface area contributed by atoms with Crippen molar-refractivity contribution < 1.29 is 14.0 Å². The Labute approximate surface area is 207 Å². The number of carbonyl (C=O) groups is 2. The second-order valence-electron chi connectivity index (χ2n) is 8.88. The van der Waals surface area contributed by atoms with Crippen molar-refractivity contribution in [2.24, 2.45) is 0 Å². The van der Waals surface area contributed by atoms with Gasteiger partial charge in [0.2, 0.25) is 0 Å².